The zero-order chi connectivity index (χ0) is 23.8. The van der Waals surface area contributed by atoms with Crippen LogP contribution in [0, 0.1) is 13.8 Å². The van der Waals surface area contributed by atoms with Crippen LogP contribution in [0.5, 0.6) is 0 Å². The lowest BCUT2D eigenvalue weighted by molar-refractivity contribution is 0.0728. The second-order valence-electron chi connectivity index (χ2n) is 8.97. The van der Waals surface area contributed by atoms with E-state index in [4.69, 9.17) is 16.6 Å². The highest BCUT2D eigenvalue weighted by Crippen LogP contribution is 2.31. The summed E-state index contributed by atoms with van der Waals surface area (Å²) in [7, 11) is 0. The van der Waals surface area contributed by atoms with Crippen LogP contribution in [-0.2, 0) is 0 Å². The molecule has 172 valence electrons. The van der Waals surface area contributed by atoms with Crippen LogP contribution in [-0.4, -0.2) is 46.5 Å². The van der Waals surface area contributed by atoms with Crippen LogP contribution in [0.4, 0.5) is 5.69 Å². The summed E-state index contributed by atoms with van der Waals surface area (Å²) in [4.78, 5) is 27.5. The summed E-state index contributed by atoms with van der Waals surface area (Å²) >= 11 is 6.41. The molecule has 1 amide bonds. The Labute approximate surface area is 205 Å². The fourth-order valence-corrected chi connectivity index (χ4v) is 4.81. The van der Waals surface area contributed by atoms with Gasteiger partial charge < -0.3 is 9.80 Å². The summed E-state index contributed by atoms with van der Waals surface area (Å²) in [5, 5.41) is 1.46. The topological polar surface area (TPSA) is 49.3 Å². The number of anilines is 1. The number of carbonyl (C=O) groups is 1. The van der Waals surface area contributed by atoms with Gasteiger partial charge in [0.05, 0.1) is 22.5 Å². The number of nitrogens with zero attached hydrogens (tertiary/aromatic N) is 4. The quantitative estimate of drug-likeness (QED) is 0.373. The van der Waals surface area contributed by atoms with E-state index in [0.29, 0.717) is 29.4 Å². The molecule has 3 heterocycles. The summed E-state index contributed by atoms with van der Waals surface area (Å²) in [6.07, 6.45) is 1.74. The Morgan fingerprint density at radius 3 is 2.50 bits per heavy atom. The number of hydrogen-bond acceptors (Lipinski definition) is 4. The van der Waals surface area contributed by atoms with Gasteiger partial charge in [-0.15, -0.1) is 0 Å². The summed E-state index contributed by atoms with van der Waals surface area (Å²) in [6.45, 7) is 8.31. The molecular formula is C28H27ClN4O. The molecule has 1 fully saturated rings. The number of amides is 1. The van der Waals surface area contributed by atoms with Gasteiger partial charge >= 0.3 is 0 Å². The Bertz CT molecular complexity index is 1350. The van der Waals surface area contributed by atoms with Gasteiger partial charge in [-0.2, -0.15) is 0 Å². The van der Waals surface area contributed by atoms with E-state index in [2.05, 4.69) is 48.0 Å². The predicted molar refractivity (Wildman–Crippen MR) is 139 cm³/mol. The van der Waals surface area contributed by atoms with E-state index < -0.39 is 0 Å². The molecule has 0 N–H and O–H groups in total. The molecule has 0 bridgehead atoms. The molecule has 0 saturated carbocycles. The summed E-state index contributed by atoms with van der Waals surface area (Å²) in [5.74, 6) is 0.0155. The Morgan fingerprint density at radius 2 is 1.79 bits per heavy atom. The van der Waals surface area contributed by atoms with E-state index in [-0.39, 0.29) is 11.9 Å². The van der Waals surface area contributed by atoms with Crippen LogP contribution >= 0.6 is 11.6 Å². The Hall–Kier alpha value is -3.44. The van der Waals surface area contributed by atoms with Crippen molar-refractivity contribution in [3.05, 3.63) is 88.6 Å². The number of pyridine rings is 2. The van der Waals surface area contributed by atoms with Crippen LogP contribution in [0.1, 0.15) is 28.4 Å². The number of rotatable bonds is 3. The summed E-state index contributed by atoms with van der Waals surface area (Å²) < 4.78 is 0. The number of carbonyl (C=O) groups excluding carboxylic acids is 1. The van der Waals surface area contributed by atoms with Crippen molar-refractivity contribution in [2.75, 3.05) is 24.5 Å². The number of benzene rings is 2. The van der Waals surface area contributed by atoms with Gasteiger partial charge in [-0.25, -0.2) is 4.98 Å². The number of fused-ring (bicyclic) bond motifs is 1. The van der Waals surface area contributed by atoms with Crippen molar-refractivity contribution in [2.45, 2.75) is 26.8 Å². The van der Waals surface area contributed by atoms with Gasteiger partial charge in [0.15, 0.2) is 0 Å². The van der Waals surface area contributed by atoms with Crippen LogP contribution in [0.15, 0.2) is 66.9 Å². The maximum absolute atomic E-state index is 13.9. The number of aromatic nitrogens is 2. The smallest absolute Gasteiger partial charge is 0.254 e. The first-order valence-corrected chi connectivity index (χ1v) is 11.9. The molecule has 0 spiro atoms. The third-order valence-corrected chi connectivity index (χ3v) is 7.02. The molecule has 2 aromatic heterocycles. The highest BCUT2D eigenvalue weighted by Gasteiger charge is 2.29. The maximum atomic E-state index is 13.9. The van der Waals surface area contributed by atoms with E-state index >= 15 is 0 Å². The van der Waals surface area contributed by atoms with Crippen molar-refractivity contribution < 1.29 is 4.79 Å². The average Bonchev–Trinajstić information content (AvgIpc) is 2.86. The van der Waals surface area contributed by atoms with Crippen molar-refractivity contribution in [1.29, 1.82) is 0 Å². The molecule has 6 heteroatoms. The van der Waals surface area contributed by atoms with E-state index in [1.165, 1.54) is 11.3 Å². The maximum Gasteiger partial charge on any atom is 0.254 e. The van der Waals surface area contributed by atoms with Gasteiger partial charge in [-0.1, -0.05) is 41.4 Å². The zero-order valence-corrected chi connectivity index (χ0v) is 20.4. The zero-order valence-electron chi connectivity index (χ0n) is 19.6. The lowest BCUT2D eigenvalue weighted by atomic mass is 10.0. The molecule has 0 radical (unpaired) electrons. The second kappa shape index (κ2) is 9.07. The van der Waals surface area contributed by atoms with Gasteiger partial charge in [0, 0.05) is 48.0 Å². The lowest BCUT2D eigenvalue weighted by Crippen LogP contribution is -2.53. The first-order valence-electron chi connectivity index (χ1n) is 11.6. The van der Waals surface area contributed by atoms with Crippen molar-refractivity contribution in [3.8, 4) is 11.4 Å². The van der Waals surface area contributed by atoms with E-state index in [9.17, 15) is 4.79 Å². The minimum Gasteiger partial charge on any atom is -0.365 e. The van der Waals surface area contributed by atoms with Crippen molar-refractivity contribution in [1.82, 2.24) is 14.9 Å². The van der Waals surface area contributed by atoms with Crippen molar-refractivity contribution in [2.24, 2.45) is 0 Å². The van der Waals surface area contributed by atoms with Crippen LogP contribution in [0.2, 0.25) is 5.02 Å². The first kappa shape index (κ1) is 22.4. The van der Waals surface area contributed by atoms with Gasteiger partial charge in [0.1, 0.15) is 0 Å². The fraction of sp³-hybridized carbons (Fsp3) is 0.250. The third kappa shape index (κ3) is 4.12. The molecule has 1 atom stereocenters. The average molecular weight is 471 g/mol. The Morgan fingerprint density at radius 1 is 1.00 bits per heavy atom. The fourth-order valence-electron chi connectivity index (χ4n) is 4.66. The standard InChI is InChI=1S/C28H27ClN4O/c1-18-7-9-21(10-8-18)33-15-14-32(17-19(33)2)28(34)23-16-26(25-6-4-5-13-30-25)31-27-20(3)24(29)12-11-22(23)27/h4-13,16,19H,14-15,17H2,1-3H3. The Balaban J connectivity index is 1.50. The van der Waals surface area contributed by atoms with E-state index in [1.54, 1.807) is 6.20 Å². The number of halogens is 1. The highest BCUT2D eigenvalue weighted by atomic mass is 35.5. The van der Waals surface area contributed by atoms with Crippen LogP contribution in [0.25, 0.3) is 22.3 Å². The normalized spacial score (nSPS) is 16.2. The van der Waals surface area contributed by atoms with Gasteiger partial charge in [-0.05, 0) is 62.7 Å². The summed E-state index contributed by atoms with van der Waals surface area (Å²) in [5.41, 5.74) is 6.09. The van der Waals surface area contributed by atoms with Gasteiger partial charge in [-0.3, -0.25) is 9.78 Å². The van der Waals surface area contributed by atoms with Crippen LogP contribution in [0.3, 0.4) is 0 Å². The number of aryl methyl sites for hydroxylation is 2. The van der Waals surface area contributed by atoms with E-state index in [0.717, 1.165) is 28.7 Å². The molecular weight excluding hydrogens is 444 g/mol. The van der Waals surface area contributed by atoms with Crippen LogP contribution < -0.4 is 4.90 Å². The Kier molecular flexibility index (Phi) is 5.96. The molecule has 1 aliphatic rings. The number of piperazine rings is 1. The molecule has 4 aromatic rings. The largest absolute Gasteiger partial charge is 0.365 e. The third-order valence-electron chi connectivity index (χ3n) is 6.61. The van der Waals surface area contributed by atoms with Crippen molar-refractivity contribution in [3.63, 3.8) is 0 Å². The SMILES string of the molecule is Cc1ccc(N2CCN(C(=O)c3cc(-c4ccccn4)nc4c(C)c(Cl)ccc34)CC2C)cc1. The molecule has 0 aliphatic carbocycles. The van der Waals surface area contributed by atoms with Crippen molar-refractivity contribution >= 4 is 34.1 Å². The molecule has 2 aromatic carbocycles. The summed E-state index contributed by atoms with van der Waals surface area (Å²) in [6, 6.07) is 20.1. The number of hydrogen-bond donors (Lipinski definition) is 0. The lowest BCUT2D eigenvalue weighted by Gasteiger charge is -2.41. The first-order chi connectivity index (χ1) is 16.4. The molecule has 5 rings (SSSR count). The molecule has 1 unspecified atom stereocenters. The van der Waals surface area contributed by atoms with Gasteiger partial charge in [0.25, 0.3) is 5.91 Å². The molecule has 5 nitrogen and oxygen atoms in total. The minimum atomic E-state index is 0.0155. The predicted octanol–water partition coefficient (Wildman–Crippen LogP) is 5.92. The van der Waals surface area contributed by atoms with Gasteiger partial charge in [0.2, 0.25) is 0 Å². The van der Waals surface area contributed by atoms with E-state index in [1.807, 2.05) is 48.2 Å². The molecule has 1 saturated heterocycles. The molecule has 1 aliphatic heterocycles. The minimum absolute atomic E-state index is 0.0155. The molecule has 34 heavy (non-hydrogen) atoms. The monoisotopic (exact) mass is 470 g/mol. The second-order valence-corrected chi connectivity index (χ2v) is 9.37. The highest BCUT2D eigenvalue weighted by molar-refractivity contribution is 6.32.